The molecular weight excluding hydrogens is 250 g/mol. The van der Waals surface area contributed by atoms with Crippen molar-refractivity contribution in [3.63, 3.8) is 0 Å². The highest BCUT2D eigenvalue weighted by molar-refractivity contribution is 5.87. The van der Waals surface area contributed by atoms with Crippen LogP contribution in [0.15, 0.2) is 36.7 Å². The molecule has 102 valence electrons. The largest absolute Gasteiger partial charge is 0.364 e. The van der Waals surface area contributed by atoms with Gasteiger partial charge in [-0.2, -0.15) is 5.10 Å². The number of anilines is 1. The second kappa shape index (κ2) is 5.28. The monoisotopic (exact) mass is 267 g/mol. The van der Waals surface area contributed by atoms with E-state index in [1.165, 1.54) is 5.56 Å². The maximum absolute atomic E-state index is 4.50. The van der Waals surface area contributed by atoms with Crippen molar-refractivity contribution in [3.8, 4) is 0 Å². The SMILES string of the molecule is CCn1nc(C)c2ncnc(NCc3ccccc3)c21. The van der Waals surface area contributed by atoms with E-state index in [-0.39, 0.29) is 0 Å². The van der Waals surface area contributed by atoms with E-state index in [1.807, 2.05) is 29.8 Å². The Morgan fingerprint density at radius 1 is 1.15 bits per heavy atom. The van der Waals surface area contributed by atoms with E-state index in [0.29, 0.717) is 0 Å². The Kier molecular flexibility index (Phi) is 3.33. The fourth-order valence-corrected chi connectivity index (χ4v) is 2.31. The number of aromatic nitrogens is 4. The van der Waals surface area contributed by atoms with Crippen LogP contribution in [0.2, 0.25) is 0 Å². The number of hydrogen-bond donors (Lipinski definition) is 1. The minimum absolute atomic E-state index is 0.737. The van der Waals surface area contributed by atoms with Crippen LogP contribution in [0.25, 0.3) is 11.0 Å². The Hall–Kier alpha value is -2.43. The second-order valence-electron chi connectivity index (χ2n) is 4.66. The van der Waals surface area contributed by atoms with Crippen molar-refractivity contribution in [2.75, 3.05) is 5.32 Å². The zero-order valence-corrected chi connectivity index (χ0v) is 11.7. The van der Waals surface area contributed by atoms with Crippen LogP contribution >= 0.6 is 0 Å². The van der Waals surface area contributed by atoms with E-state index in [2.05, 4.69) is 39.4 Å². The molecule has 0 radical (unpaired) electrons. The lowest BCUT2D eigenvalue weighted by Crippen LogP contribution is -2.05. The van der Waals surface area contributed by atoms with Crippen LogP contribution in [0.5, 0.6) is 0 Å². The van der Waals surface area contributed by atoms with E-state index in [9.17, 15) is 0 Å². The highest BCUT2D eigenvalue weighted by atomic mass is 15.3. The van der Waals surface area contributed by atoms with Gasteiger partial charge in [-0.3, -0.25) is 4.68 Å². The fourth-order valence-electron chi connectivity index (χ4n) is 2.31. The van der Waals surface area contributed by atoms with Crippen molar-refractivity contribution in [1.29, 1.82) is 0 Å². The van der Waals surface area contributed by atoms with Crippen molar-refractivity contribution in [2.45, 2.75) is 26.9 Å². The van der Waals surface area contributed by atoms with Crippen LogP contribution in [0.4, 0.5) is 5.82 Å². The van der Waals surface area contributed by atoms with Gasteiger partial charge < -0.3 is 5.32 Å². The van der Waals surface area contributed by atoms with Gasteiger partial charge in [0.2, 0.25) is 0 Å². The molecule has 0 unspecified atom stereocenters. The average Bonchev–Trinajstić information content (AvgIpc) is 2.83. The third-order valence-electron chi connectivity index (χ3n) is 3.30. The van der Waals surface area contributed by atoms with Crippen LogP contribution in [0.3, 0.4) is 0 Å². The van der Waals surface area contributed by atoms with Gasteiger partial charge in [0.25, 0.3) is 0 Å². The predicted molar refractivity (Wildman–Crippen MR) is 79.5 cm³/mol. The lowest BCUT2D eigenvalue weighted by atomic mass is 10.2. The number of benzene rings is 1. The molecule has 3 aromatic rings. The molecule has 1 aromatic carbocycles. The number of fused-ring (bicyclic) bond motifs is 1. The molecule has 0 fully saturated rings. The summed E-state index contributed by atoms with van der Waals surface area (Å²) >= 11 is 0. The Bertz CT molecular complexity index is 718. The lowest BCUT2D eigenvalue weighted by molar-refractivity contribution is 0.675. The van der Waals surface area contributed by atoms with Crippen LogP contribution in [0.1, 0.15) is 18.2 Å². The Morgan fingerprint density at radius 2 is 1.95 bits per heavy atom. The van der Waals surface area contributed by atoms with Crippen molar-refractivity contribution in [1.82, 2.24) is 19.7 Å². The van der Waals surface area contributed by atoms with Gasteiger partial charge in [0.15, 0.2) is 5.82 Å². The molecule has 2 heterocycles. The summed E-state index contributed by atoms with van der Waals surface area (Å²) in [5, 5.41) is 7.88. The molecule has 0 bridgehead atoms. The number of hydrogen-bond acceptors (Lipinski definition) is 4. The first kappa shape index (κ1) is 12.6. The number of aryl methyl sites for hydroxylation is 2. The first-order valence-electron chi connectivity index (χ1n) is 6.75. The van der Waals surface area contributed by atoms with E-state index in [0.717, 1.165) is 35.6 Å². The van der Waals surface area contributed by atoms with Crippen molar-refractivity contribution in [2.24, 2.45) is 0 Å². The van der Waals surface area contributed by atoms with Crippen molar-refractivity contribution >= 4 is 16.9 Å². The molecule has 3 rings (SSSR count). The quantitative estimate of drug-likeness (QED) is 0.789. The van der Waals surface area contributed by atoms with Gasteiger partial charge in [-0.1, -0.05) is 30.3 Å². The number of nitrogens with zero attached hydrogens (tertiary/aromatic N) is 4. The van der Waals surface area contributed by atoms with Crippen LogP contribution in [0, 0.1) is 6.92 Å². The Morgan fingerprint density at radius 3 is 2.70 bits per heavy atom. The zero-order chi connectivity index (χ0) is 13.9. The molecule has 20 heavy (non-hydrogen) atoms. The van der Waals surface area contributed by atoms with Gasteiger partial charge in [-0.15, -0.1) is 0 Å². The summed E-state index contributed by atoms with van der Waals surface area (Å²) in [5.41, 5.74) is 4.05. The average molecular weight is 267 g/mol. The summed E-state index contributed by atoms with van der Waals surface area (Å²) in [7, 11) is 0. The van der Waals surface area contributed by atoms with Gasteiger partial charge in [0.1, 0.15) is 17.4 Å². The molecule has 0 atom stereocenters. The fraction of sp³-hybridized carbons (Fsp3) is 0.267. The smallest absolute Gasteiger partial charge is 0.155 e. The maximum Gasteiger partial charge on any atom is 0.155 e. The molecule has 0 amide bonds. The Labute approximate surface area is 117 Å². The van der Waals surface area contributed by atoms with Gasteiger partial charge in [0.05, 0.1) is 5.69 Å². The minimum atomic E-state index is 0.737. The predicted octanol–water partition coefficient (Wildman–Crippen LogP) is 2.77. The molecule has 2 aromatic heterocycles. The normalized spacial score (nSPS) is 10.9. The summed E-state index contributed by atoms with van der Waals surface area (Å²) < 4.78 is 1.94. The van der Waals surface area contributed by atoms with Gasteiger partial charge in [0, 0.05) is 13.1 Å². The highest BCUT2D eigenvalue weighted by Crippen LogP contribution is 2.22. The molecular formula is C15H17N5. The van der Waals surface area contributed by atoms with Crippen LogP contribution in [-0.4, -0.2) is 19.7 Å². The molecule has 0 saturated heterocycles. The van der Waals surface area contributed by atoms with Crippen LogP contribution in [-0.2, 0) is 13.1 Å². The van der Waals surface area contributed by atoms with Gasteiger partial charge in [-0.25, -0.2) is 9.97 Å². The molecule has 0 aliphatic carbocycles. The number of rotatable bonds is 4. The maximum atomic E-state index is 4.50. The second-order valence-corrected chi connectivity index (χ2v) is 4.66. The van der Waals surface area contributed by atoms with E-state index >= 15 is 0 Å². The standard InChI is InChI=1S/C15H17N5/c1-3-20-14-13(11(2)19-20)17-10-18-15(14)16-9-12-7-5-4-6-8-12/h4-8,10H,3,9H2,1-2H3,(H,16,17,18). The molecule has 5 nitrogen and oxygen atoms in total. The summed E-state index contributed by atoms with van der Waals surface area (Å²) in [6.07, 6.45) is 1.59. The van der Waals surface area contributed by atoms with Crippen molar-refractivity contribution in [3.05, 3.63) is 47.9 Å². The summed E-state index contributed by atoms with van der Waals surface area (Å²) in [6.45, 7) is 5.58. The summed E-state index contributed by atoms with van der Waals surface area (Å²) in [4.78, 5) is 8.69. The van der Waals surface area contributed by atoms with Gasteiger partial charge in [-0.05, 0) is 19.4 Å². The summed E-state index contributed by atoms with van der Waals surface area (Å²) in [5.74, 6) is 0.835. The highest BCUT2D eigenvalue weighted by Gasteiger charge is 2.12. The Balaban J connectivity index is 1.95. The van der Waals surface area contributed by atoms with Gasteiger partial charge >= 0.3 is 0 Å². The van der Waals surface area contributed by atoms with E-state index in [4.69, 9.17) is 0 Å². The molecule has 0 aliphatic rings. The lowest BCUT2D eigenvalue weighted by Gasteiger charge is -2.08. The van der Waals surface area contributed by atoms with Crippen LogP contribution < -0.4 is 5.32 Å². The summed E-state index contributed by atoms with van der Waals surface area (Å²) in [6, 6.07) is 10.3. The third-order valence-corrected chi connectivity index (χ3v) is 3.30. The molecule has 5 heteroatoms. The van der Waals surface area contributed by atoms with Crippen molar-refractivity contribution < 1.29 is 0 Å². The third kappa shape index (κ3) is 2.22. The van der Waals surface area contributed by atoms with E-state index in [1.54, 1.807) is 6.33 Å². The zero-order valence-electron chi connectivity index (χ0n) is 11.7. The molecule has 0 aliphatic heterocycles. The first-order chi connectivity index (χ1) is 9.79. The topological polar surface area (TPSA) is 55.6 Å². The van der Waals surface area contributed by atoms with E-state index < -0.39 is 0 Å². The minimum Gasteiger partial charge on any atom is -0.364 e. The first-order valence-corrected chi connectivity index (χ1v) is 6.75. The molecule has 0 spiro atoms. The number of nitrogens with one attached hydrogen (secondary N) is 1. The molecule has 1 N–H and O–H groups in total. The molecule has 0 saturated carbocycles.